The molecular weight excluding hydrogens is 305 g/mol. The molecule has 6 heteroatoms. The molecule has 0 radical (unpaired) electrons. The fraction of sp³-hybridized carbons (Fsp3) is 0.235. The first kappa shape index (κ1) is 17.0. The monoisotopic (exact) mass is 322 g/mol. The number of carbonyl (C=O) groups is 1. The van der Waals surface area contributed by atoms with Gasteiger partial charge in [0, 0.05) is 29.8 Å². The minimum atomic E-state index is -0.670. The van der Waals surface area contributed by atoms with E-state index in [4.69, 9.17) is 0 Å². The van der Waals surface area contributed by atoms with Crippen molar-refractivity contribution in [2.45, 2.75) is 19.5 Å². The van der Waals surface area contributed by atoms with E-state index >= 15 is 0 Å². The van der Waals surface area contributed by atoms with Crippen LogP contribution in [0.15, 0.2) is 42.5 Å². The third-order valence-corrected chi connectivity index (χ3v) is 3.43. The predicted molar refractivity (Wildman–Crippen MR) is 81.0 cm³/mol. The van der Waals surface area contributed by atoms with Crippen LogP contribution in [0.3, 0.4) is 0 Å². The summed E-state index contributed by atoms with van der Waals surface area (Å²) in [5.74, 6) is -2.05. The first-order valence-corrected chi connectivity index (χ1v) is 7.16. The van der Waals surface area contributed by atoms with Crippen molar-refractivity contribution < 1.29 is 18.0 Å². The highest BCUT2D eigenvalue weighted by atomic mass is 19.1. The standard InChI is InChI=1S/C17H17F3N2O/c1-11(14-7-6-13(18)8-16(14)20)21-10-17(23)22-9-12-4-2-3-5-15(12)19/h2-8,11,21H,9-10H2,1H3,(H,22,23)/t11-/m1/s1. The number of halogens is 3. The smallest absolute Gasteiger partial charge is 0.234 e. The van der Waals surface area contributed by atoms with Crippen molar-refractivity contribution >= 4 is 5.91 Å². The zero-order chi connectivity index (χ0) is 16.8. The topological polar surface area (TPSA) is 41.1 Å². The normalized spacial score (nSPS) is 12.0. The summed E-state index contributed by atoms with van der Waals surface area (Å²) in [6, 6.07) is 8.98. The third kappa shape index (κ3) is 4.82. The number of carbonyl (C=O) groups excluding carboxylic acids is 1. The maximum Gasteiger partial charge on any atom is 0.234 e. The van der Waals surface area contributed by atoms with E-state index in [0.29, 0.717) is 5.56 Å². The van der Waals surface area contributed by atoms with E-state index in [9.17, 15) is 18.0 Å². The minimum absolute atomic E-state index is 0.0631. The summed E-state index contributed by atoms with van der Waals surface area (Å²) in [5.41, 5.74) is 0.659. The Labute approximate surface area is 132 Å². The Morgan fingerprint density at radius 3 is 2.52 bits per heavy atom. The van der Waals surface area contributed by atoms with Gasteiger partial charge in [0.2, 0.25) is 5.91 Å². The van der Waals surface area contributed by atoms with Crippen molar-refractivity contribution in [2.24, 2.45) is 0 Å². The molecule has 0 saturated heterocycles. The lowest BCUT2D eigenvalue weighted by Gasteiger charge is -2.15. The molecule has 3 nitrogen and oxygen atoms in total. The predicted octanol–water partition coefficient (Wildman–Crippen LogP) is 3.07. The van der Waals surface area contributed by atoms with Gasteiger partial charge in [-0.1, -0.05) is 24.3 Å². The Morgan fingerprint density at radius 1 is 1.09 bits per heavy atom. The summed E-state index contributed by atoms with van der Waals surface area (Å²) < 4.78 is 39.9. The third-order valence-electron chi connectivity index (χ3n) is 3.43. The average molecular weight is 322 g/mol. The van der Waals surface area contributed by atoms with Gasteiger partial charge < -0.3 is 10.6 Å². The molecule has 2 aromatic carbocycles. The van der Waals surface area contributed by atoms with Gasteiger partial charge in [0.1, 0.15) is 17.5 Å². The molecule has 23 heavy (non-hydrogen) atoms. The van der Waals surface area contributed by atoms with Crippen molar-refractivity contribution in [2.75, 3.05) is 6.54 Å². The van der Waals surface area contributed by atoms with Gasteiger partial charge in [0.25, 0.3) is 0 Å². The van der Waals surface area contributed by atoms with Crippen LogP contribution < -0.4 is 10.6 Å². The van der Waals surface area contributed by atoms with Gasteiger partial charge in [-0.2, -0.15) is 0 Å². The second-order valence-electron chi connectivity index (χ2n) is 5.14. The van der Waals surface area contributed by atoms with E-state index in [-0.39, 0.29) is 30.4 Å². The summed E-state index contributed by atoms with van der Waals surface area (Å²) in [6.07, 6.45) is 0. The lowest BCUT2D eigenvalue weighted by molar-refractivity contribution is -0.120. The summed E-state index contributed by atoms with van der Waals surface area (Å²) in [4.78, 5) is 11.8. The molecule has 0 bridgehead atoms. The maximum absolute atomic E-state index is 13.6. The molecule has 1 atom stereocenters. The van der Waals surface area contributed by atoms with Gasteiger partial charge in [-0.05, 0) is 19.1 Å². The molecule has 122 valence electrons. The van der Waals surface area contributed by atoms with Crippen LogP contribution in [0.2, 0.25) is 0 Å². The first-order valence-electron chi connectivity index (χ1n) is 7.16. The van der Waals surface area contributed by atoms with Gasteiger partial charge in [-0.15, -0.1) is 0 Å². The van der Waals surface area contributed by atoms with Crippen molar-refractivity contribution in [3.8, 4) is 0 Å². The molecule has 0 fully saturated rings. The van der Waals surface area contributed by atoms with Crippen molar-refractivity contribution in [3.05, 3.63) is 71.0 Å². The van der Waals surface area contributed by atoms with Crippen LogP contribution in [-0.4, -0.2) is 12.5 Å². The first-order chi connectivity index (χ1) is 11.0. The Morgan fingerprint density at radius 2 is 1.83 bits per heavy atom. The highest BCUT2D eigenvalue weighted by Crippen LogP contribution is 2.17. The Balaban J connectivity index is 1.83. The molecule has 2 N–H and O–H groups in total. The van der Waals surface area contributed by atoms with Crippen LogP contribution in [-0.2, 0) is 11.3 Å². The highest BCUT2D eigenvalue weighted by Gasteiger charge is 2.13. The molecule has 2 rings (SSSR count). The number of benzene rings is 2. The van der Waals surface area contributed by atoms with Gasteiger partial charge in [-0.3, -0.25) is 4.79 Å². The van der Waals surface area contributed by atoms with Crippen LogP contribution in [0.1, 0.15) is 24.1 Å². The van der Waals surface area contributed by atoms with E-state index in [0.717, 1.165) is 12.1 Å². The lowest BCUT2D eigenvalue weighted by Crippen LogP contribution is -2.35. The second kappa shape index (κ2) is 7.78. The van der Waals surface area contributed by atoms with Gasteiger partial charge in [0.15, 0.2) is 0 Å². The fourth-order valence-electron chi connectivity index (χ4n) is 2.11. The van der Waals surface area contributed by atoms with Crippen molar-refractivity contribution in [1.82, 2.24) is 10.6 Å². The average Bonchev–Trinajstić information content (AvgIpc) is 2.52. The SMILES string of the molecule is C[C@@H](NCC(=O)NCc1ccccc1F)c1ccc(F)cc1F. The summed E-state index contributed by atoms with van der Waals surface area (Å²) in [6.45, 7) is 1.68. The largest absolute Gasteiger partial charge is 0.351 e. The Bertz CT molecular complexity index is 691. The zero-order valence-corrected chi connectivity index (χ0v) is 12.6. The molecule has 0 aliphatic rings. The van der Waals surface area contributed by atoms with Gasteiger partial charge in [0.05, 0.1) is 6.54 Å². The molecule has 0 aliphatic heterocycles. The summed E-state index contributed by atoms with van der Waals surface area (Å²) >= 11 is 0. The molecule has 0 saturated carbocycles. The van der Waals surface area contributed by atoms with Gasteiger partial charge >= 0.3 is 0 Å². The number of nitrogens with one attached hydrogen (secondary N) is 2. The van der Waals surface area contributed by atoms with Crippen LogP contribution in [0.5, 0.6) is 0 Å². The molecule has 0 spiro atoms. The van der Waals surface area contributed by atoms with Gasteiger partial charge in [-0.25, -0.2) is 13.2 Å². The zero-order valence-electron chi connectivity index (χ0n) is 12.6. The number of amides is 1. The molecule has 2 aromatic rings. The van der Waals surface area contributed by atoms with Crippen LogP contribution in [0.4, 0.5) is 13.2 Å². The van der Waals surface area contributed by atoms with Crippen molar-refractivity contribution in [3.63, 3.8) is 0 Å². The fourth-order valence-corrected chi connectivity index (χ4v) is 2.11. The van der Waals surface area contributed by atoms with Crippen LogP contribution >= 0.6 is 0 Å². The van der Waals surface area contributed by atoms with E-state index in [1.807, 2.05) is 0 Å². The lowest BCUT2D eigenvalue weighted by atomic mass is 10.1. The molecule has 1 amide bonds. The highest BCUT2D eigenvalue weighted by molar-refractivity contribution is 5.78. The number of hydrogen-bond acceptors (Lipinski definition) is 2. The van der Waals surface area contributed by atoms with Crippen LogP contribution in [0.25, 0.3) is 0 Å². The quantitative estimate of drug-likeness (QED) is 0.858. The van der Waals surface area contributed by atoms with Crippen LogP contribution in [0, 0.1) is 17.5 Å². The molecule has 0 unspecified atom stereocenters. The number of hydrogen-bond donors (Lipinski definition) is 2. The minimum Gasteiger partial charge on any atom is -0.351 e. The maximum atomic E-state index is 13.6. The van der Waals surface area contributed by atoms with Crippen molar-refractivity contribution in [1.29, 1.82) is 0 Å². The summed E-state index contributed by atoms with van der Waals surface area (Å²) in [5, 5.41) is 5.42. The van der Waals surface area contributed by atoms with E-state index in [1.54, 1.807) is 25.1 Å². The Hall–Kier alpha value is -2.34. The molecule has 0 aliphatic carbocycles. The molecule has 0 aromatic heterocycles. The molecule has 0 heterocycles. The second-order valence-corrected chi connectivity index (χ2v) is 5.14. The molecular formula is C17H17F3N2O. The van der Waals surface area contributed by atoms with E-state index < -0.39 is 17.7 Å². The van der Waals surface area contributed by atoms with E-state index in [1.165, 1.54) is 12.1 Å². The Kier molecular flexibility index (Phi) is 5.76. The van der Waals surface area contributed by atoms with E-state index in [2.05, 4.69) is 10.6 Å². The summed E-state index contributed by atoms with van der Waals surface area (Å²) in [7, 11) is 0. The number of rotatable bonds is 6.